The average molecular weight is 383 g/mol. The van der Waals surface area contributed by atoms with Crippen molar-refractivity contribution in [2.24, 2.45) is 0 Å². The molecule has 0 saturated heterocycles. The fourth-order valence-electron chi connectivity index (χ4n) is 2.51. The summed E-state index contributed by atoms with van der Waals surface area (Å²) in [4.78, 5) is 35.1. The van der Waals surface area contributed by atoms with E-state index in [9.17, 15) is 19.7 Å². The minimum atomic E-state index is -1.05. The topological polar surface area (TPSA) is 132 Å². The highest BCUT2D eigenvalue weighted by atomic mass is 16.6. The molecule has 1 amide bonds. The molecule has 28 heavy (non-hydrogen) atoms. The molecule has 1 N–H and O–H groups in total. The van der Waals surface area contributed by atoms with Crippen LogP contribution in [0.15, 0.2) is 42.5 Å². The number of ether oxygens (including phenoxy) is 2. The number of carbonyl (C=O) groups is 2. The van der Waals surface area contributed by atoms with Gasteiger partial charge in [-0.15, -0.1) is 0 Å². The Morgan fingerprint density at radius 3 is 2.43 bits per heavy atom. The summed E-state index contributed by atoms with van der Waals surface area (Å²) in [6.07, 6.45) is -0.0144. The van der Waals surface area contributed by atoms with Crippen LogP contribution < -0.4 is 10.1 Å². The summed E-state index contributed by atoms with van der Waals surface area (Å²) in [6, 6.07) is 11.0. The van der Waals surface area contributed by atoms with Crippen LogP contribution in [0.5, 0.6) is 5.75 Å². The molecule has 0 aromatic heterocycles. The summed E-state index contributed by atoms with van der Waals surface area (Å²) < 4.78 is 9.68. The average Bonchev–Trinajstić information content (AvgIpc) is 2.72. The number of hydrogen-bond donors (Lipinski definition) is 1. The summed E-state index contributed by atoms with van der Waals surface area (Å²) in [5.74, 6) is -1.15. The lowest BCUT2D eigenvalue weighted by atomic mass is 10.0. The van der Waals surface area contributed by atoms with Crippen LogP contribution in [-0.2, 0) is 16.0 Å². The predicted molar refractivity (Wildman–Crippen MR) is 97.8 cm³/mol. The van der Waals surface area contributed by atoms with Gasteiger partial charge in [0.1, 0.15) is 6.04 Å². The second-order valence-corrected chi connectivity index (χ2v) is 5.71. The van der Waals surface area contributed by atoms with E-state index in [0.717, 1.165) is 0 Å². The fraction of sp³-hybridized carbons (Fsp3) is 0.211. The highest BCUT2D eigenvalue weighted by Crippen LogP contribution is 2.28. The van der Waals surface area contributed by atoms with E-state index >= 15 is 0 Å². The van der Waals surface area contributed by atoms with Gasteiger partial charge in [0, 0.05) is 18.1 Å². The van der Waals surface area contributed by atoms with Gasteiger partial charge < -0.3 is 14.8 Å². The third-order valence-electron chi connectivity index (χ3n) is 3.95. The second kappa shape index (κ2) is 9.14. The number of benzene rings is 2. The monoisotopic (exact) mass is 383 g/mol. The van der Waals surface area contributed by atoms with Crippen molar-refractivity contribution in [1.82, 2.24) is 5.32 Å². The Bertz CT molecular complexity index is 934. The number of nitro groups is 1. The van der Waals surface area contributed by atoms with Crippen LogP contribution in [0.3, 0.4) is 0 Å². The molecule has 0 aliphatic heterocycles. The number of rotatable bonds is 7. The molecule has 0 aliphatic rings. The molecule has 0 saturated carbocycles. The van der Waals surface area contributed by atoms with E-state index < -0.39 is 22.8 Å². The van der Waals surface area contributed by atoms with Crippen molar-refractivity contribution in [3.63, 3.8) is 0 Å². The minimum Gasteiger partial charge on any atom is -0.490 e. The van der Waals surface area contributed by atoms with E-state index in [1.807, 2.05) is 6.07 Å². The zero-order chi connectivity index (χ0) is 20.7. The van der Waals surface area contributed by atoms with Crippen LogP contribution in [0.4, 0.5) is 5.69 Å². The van der Waals surface area contributed by atoms with E-state index in [4.69, 9.17) is 14.7 Å². The molecular formula is C19H17N3O6. The van der Waals surface area contributed by atoms with Crippen LogP contribution in [-0.4, -0.2) is 37.1 Å². The summed E-state index contributed by atoms with van der Waals surface area (Å²) in [7, 11) is 2.50. The van der Waals surface area contributed by atoms with E-state index in [1.54, 1.807) is 6.07 Å². The Hall–Kier alpha value is -3.93. The first-order chi connectivity index (χ1) is 13.4. The maximum Gasteiger partial charge on any atom is 0.328 e. The van der Waals surface area contributed by atoms with Crippen molar-refractivity contribution in [1.29, 1.82) is 5.26 Å². The second-order valence-electron chi connectivity index (χ2n) is 5.71. The van der Waals surface area contributed by atoms with Crippen molar-refractivity contribution in [2.45, 2.75) is 12.5 Å². The number of nitro benzene ring substituents is 1. The van der Waals surface area contributed by atoms with Crippen LogP contribution in [0.25, 0.3) is 0 Å². The third-order valence-corrected chi connectivity index (χ3v) is 3.95. The molecule has 0 fully saturated rings. The number of nitriles is 1. The molecule has 1 atom stereocenters. The smallest absolute Gasteiger partial charge is 0.328 e. The largest absolute Gasteiger partial charge is 0.490 e. The summed E-state index contributed by atoms with van der Waals surface area (Å²) in [5, 5.41) is 22.5. The normalized spacial score (nSPS) is 11.0. The molecule has 0 aliphatic carbocycles. The van der Waals surface area contributed by atoms with Crippen molar-refractivity contribution >= 4 is 17.6 Å². The van der Waals surface area contributed by atoms with Gasteiger partial charge in [-0.3, -0.25) is 14.9 Å². The molecule has 0 heterocycles. The van der Waals surface area contributed by atoms with E-state index in [1.165, 1.54) is 50.6 Å². The maximum atomic E-state index is 12.4. The molecule has 2 rings (SSSR count). The van der Waals surface area contributed by atoms with E-state index in [-0.39, 0.29) is 23.4 Å². The van der Waals surface area contributed by atoms with Gasteiger partial charge in [-0.05, 0) is 35.9 Å². The van der Waals surface area contributed by atoms with Gasteiger partial charge in [-0.25, -0.2) is 4.79 Å². The zero-order valence-corrected chi connectivity index (χ0v) is 15.2. The molecule has 0 radical (unpaired) electrons. The number of hydrogen-bond acceptors (Lipinski definition) is 7. The summed E-state index contributed by atoms with van der Waals surface area (Å²) in [5.41, 5.74) is 0.852. The molecule has 144 valence electrons. The molecule has 0 unspecified atom stereocenters. The van der Waals surface area contributed by atoms with Gasteiger partial charge in [0.05, 0.1) is 30.8 Å². The molecule has 0 bridgehead atoms. The molecular weight excluding hydrogens is 366 g/mol. The maximum absolute atomic E-state index is 12.4. The van der Waals surface area contributed by atoms with Gasteiger partial charge >= 0.3 is 11.7 Å². The lowest BCUT2D eigenvalue weighted by molar-refractivity contribution is -0.385. The first-order valence-corrected chi connectivity index (χ1v) is 8.09. The number of esters is 1. The molecule has 0 spiro atoms. The Kier molecular flexibility index (Phi) is 6.65. The third kappa shape index (κ3) is 4.82. The van der Waals surface area contributed by atoms with Gasteiger partial charge in [0.2, 0.25) is 0 Å². The Labute approximate surface area is 160 Å². The van der Waals surface area contributed by atoms with Crippen molar-refractivity contribution in [2.75, 3.05) is 14.2 Å². The number of methoxy groups -OCH3 is 2. The van der Waals surface area contributed by atoms with Gasteiger partial charge in [-0.1, -0.05) is 6.07 Å². The van der Waals surface area contributed by atoms with Gasteiger partial charge in [0.15, 0.2) is 5.75 Å². The van der Waals surface area contributed by atoms with Crippen LogP contribution in [0.2, 0.25) is 0 Å². The van der Waals surface area contributed by atoms with Crippen LogP contribution in [0.1, 0.15) is 21.5 Å². The first kappa shape index (κ1) is 20.4. The highest BCUT2D eigenvalue weighted by Gasteiger charge is 2.24. The zero-order valence-electron chi connectivity index (χ0n) is 15.2. The van der Waals surface area contributed by atoms with Crippen LogP contribution >= 0.6 is 0 Å². The highest BCUT2D eigenvalue weighted by molar-refractivity contribution is 5.96. The van der Waals surface area contributed by atoms with Crippen molar-refractivity contribution < 1.29 is 24.0 Å². The van der Waals surface area contributed by atoms with Gasteiger partial charge in [-0.2, -0.15) is 5.26 Å². The standard InChI is InChI=1S/C19H17N3O6/c1-27-17-8-5-13(10-16(17)22(25)26)9-15(19(24)28-2)21-18(23)14-6-3-12(11-20)4-7-14/h3-8,10,15H,9H2,1-2H3,(H,21,23)/t15-/m0/s1. The summed E-state index contributed by atoms with van der Waals surface area (Å²) >= 11 is 0. The first-order valence-electron chi connectivity index (χ1n) is 8.09. The number of nitrogens with zero attached hydrogens (tertiary/aromatic N) is 2. The number of carbonyl (C=O) groups excluding carboxylic acids is 2. The van der Waals surface area contributed by atoms with E-state index in [0.29, 0.717) is 11.1 Å². The summed E-state index contributed by atoms with van der Waals surface area (Å²) in [6.45, 7) is 0. The lowest BCUT2D eigenvalue weighted by Crippen LogP contribution is -2.43. The van der Waals surface area contributed by atoms with Crippen molar-refractivity contribution in [3.05, 3.63) is 69.3 Å². The van der Waals surface area contributed by atoms with E-state index in [2.05, 4.69) is 5.32 Å². The Balaban J connectivity index is 2.23. The molecule has 2 aromatic rings. The molecule has 9 nitrogen and oxygen atoms in total. The van der Waals surface area contributed by atoms with Crippen LogP contribution in [0, 0.1) is 21.4 Å². The Morgan fingerprint density at radius 1 is 1.21 bits per heavy atom. The fourth-order valence-corrected chi connectivity index (χ4v) is 2.51. The predicted octanol–water partition coefficient (Wildman–Crippen LogP) is 1.99. The van der Waals surface area contributed by atoms with Crippen molar-refractivity contribution in [3.8, 4) is 11.8 Å². The number of nitrogens with one attached hydrogen (secondary N) is 1. The lowest BCUT2D eigenvalue weighted by Gasteiger charge is -2.17. The molecule has 9 heteroatoms. The van der Waals surface area contributed by atoms with Gasteiger partial charge in [0.25, 0.3) is 5.91 Å². The number of amides is 1. The SMILES string of the molecule is COC(=O)[C@H](Cc1ccc(OC)c([N+](=O)[O-])c1)NC(=O)c1ccc(C#N)cc1. The molecule has 2 aromatic carbocycles. The quantitative estimate of drug-likeness (QED) is 0.439. The minimum absolute atomic E-state index is 0.0144. The Morgan fingerprint density at radius 2 is 1.89 bits per heavy atom.